The Kier molecular flexibility index (Phi) is 3.03. The van der Waals surface area contributed by atoms with Crippen molar-refractivity contribution in [1.82, 2.24) is 20.1 Å². The standard InChI is InChI=1S/C9H18N4/c1-5-9(2,3)11-6-8-10-7-12-13(8)4/h7,11H,5-6H2,1-4H3. The molecule has 0 aliphatic heterocycles. The Balaban J connectivity index is 2.48. The van der Waals surface area contributed by atoms with Crippen LogP contribution in [0, 0.1) is 0 Å². The summed E-state index contributed by atoms with van der Waals surface area (Å²) < 4.78 is 1.79. The van der Waals surface area contributed by atoms with Crippen LogP contribution in [-0.2, 0) is 13.6 Å². The second-order valence-electron chi connectivity index (χ2n) is 3.89. The third-order valence-corrected chi connectivity index (χ3v) is 2.41. The molecule has 1 aromatic heterocycles. The minimum absolute atomic E-state index is 0.173. The molecule has 4 heteroatoms. The van der Waals surface area contributed by atoms with E-state index in [1.54, 1.807) is 11.0 Å². The third-order valence-electron chi connectivity index (χ3n) is 2.41. The summed E-state index contributed by atoms with van der Waals surface area (Å²) in [6.07, 6.45) is 2.68. The van der Waals surface area contributed by atoms with Crippen LogP contribution in [0.1, 0.15) is 33.0 Å². The summed E-state index contributed by atoms with van der Waals surface area (Å²) >= 11 is 0. The molecule has 0 spiro atoms. The molecule has 0 aliphatic rings. The Labute approximate surface area is 79.4 Å². The predicted octanol–water partition coefficient (Wildman–Crippen LogP) is 1.09. The first-order valence-corrected chi connectivity index (χ1v) is 4.63. The summed E-state index contributed by atoms with van der Waals surface area (Å²) in [4.78, 5) is 4.14. The molecule has 0 atom stereocenters. The Bertz CT molecular complexity index is 264. The molecule has 0 unspecified atom stereocenters. The monoisotopic (exact) mass is 182 g/mol. The Morgan fingerprint density at radius 2 is 2.23 bits per heavy atom. The highest BCUT2D eigenvalue weighted by molar-refractivity contribution is 4.86. The van der Waals surface area contributed by atoms with Crippen LogP contribution in [0.5, 0.6) is 0 Å². The molecule has 0 amide bonds. The summed E-state index contributed by atoms with van der Waals surface area (Å²) in [5, 5.41) is 7.44. The van der Waals surface area contributed by atoms with Crippen molar-refractivity contribution in [2.75, 3.05) is 0 Å². The predicted molar refractivity (Wildman–Crippen MR) is 52.2 cm³/mol. The molecule has 1 aromatic rings. The van der Waals surface area contributed by atoms with Crippen molar-refractivity contribution in [2.24, 2.45) is 7.05 Å². The van der Waals surface area contributed by atoms with Gasteiger partial charge in [0.05, 0.1) is 6.54 Å². The normalized spacial score (nSPS) is 12.0. The van der Waals surface area contributed by atoms with Crippen molar-refractivity contribution < 1.29 is 0 Å². The van der Waals surface area contributed by atoms with Gasteiger partial charge < -0.3 is 5.32 Å². The van der Waals surface area contributed by atoms with Crippen LogP contribution in [0.15, 0.2) is 6.33 Å². The van der Waals surface area contributed by atoms with Crippen molar-refractivity contribution >= 4 is 0 Å². The maximum atomic E-state index is 4.14. The van der Waals surface area contributed by atoms with Gasteiger partial charge in [-0.25, -0.2) is 4.98 Å². The van der Waals surface area contributed by atoms with Gasteiger partial charge in [-0.1, -0.05) is 6.92 Å². The molecule has 1 N–H and O–H groups in total. The lowest BCUT2D eigenvalue weighted by atomic mass is 10.0. The largest absolute Gasteiger partial charge is 0.305 e. The number of rotatable bonds is 4. The quantitative estimate of drug-likeness (QED) is 0.758. The topological polar surface area (TPSA) is 42.7 Å². The number of hydrogen-bond acceptors (Lipinski definition) is 3. The maximum Gasteiger partial charge on any atom is 0.140 e. The minimum atomic E-state index is 0.173. The third kappa shape index (κ3) is 2.81. The Hall–Kier alpha value is -0.900. The Morgan fingerprint density at radius 1 is 1.54 bits per heavy atom. The van der Waals surface area contributed by atoms with E-state index in [1.165, 1.54) is 0 Å². The van der Waals surface area contributed by atoms with E-state index < -0.39 is 0 Å². The second kappa shape index (κ2) is 3.87. The van der Waals surface area contributed by atoms with Crippen LogP contribution in [-0.4, -0.2) is 20.3 Å². The van der Waals surface area contributed by atoms with Crippen LogP contribution in [0.3, 0.4) is 0 Å². The van der Waals surface area contributed by atoms with Gasteiger partial charge in [0.15, 0.2) is 0 Å². The molecular weight excluding hydrogens is 164 g/mol. The van der Waals surface area contributed by atoms with Crippen LogP contribution >= 0.6 is 0 Å². The van der Waals surface area contributed by atoms with Gasteiger partial charge in [-0.05, 0) is 20.3 Å². The summed E-state index contributed by atoms with van der Waals surface area (Å²) in [7, 11) is 1.91. The zero-order chi connectivity index (χ0) is 9.90. The molecule has 0 saturated carbocycles. The second-order valence-corrected chi connectivity index (χ2v) is 3.89. The van der Waals surface area contributed by atoms with Gasteiger partial charge >= 0.3 is 0 Å². The Morgan fingerprint density at radius 3 is 2.69 bits per heavy atom. The van der Waals surface area contributed by atoms with E-state index in [9.17, 15) is 0 Å². The maximum absolute atomic E-state index is 4.14. The van der Waals surface area contributed by atoms with Gasteiger partial charge in [0, 0.05) is 12.6 Å². The van der Waals surface area contributed by atoms with E-state index in [2.05, 4.69) is 36.2 Å². The van der Waals surface area contributed by atoms with Gasteiger partial charge in [0.25, 0.3) is 0 Å². The van der Waals surface area contributed by atoms with Crippen LogP contribution in [0.25, 0.3) is 0 Å². The van der Waals surface area contributed by atoms with Gasteiger partial charge in [0.2, 0.25) is 0 Å². The molecule has 13 heavy (non-hydrogen) atoms. The van der Waals surface area contributed by atoms with Crippen LogP contribution < -0.4 is 5.32 Å². The first kappa shape index (κ1) is 10.2. The smallest absolute Gasteiger partial charge is 0.140 e. The fraction of sp³-hybridized carbons (Fsp3) is 0.778. The van der Waals surface area contributed by atoms with E-state index in [0.717, 1.165) is 18.8 Å². The summed E-state index contributed by atoms with van der Waals surface area (Å²) in [5.41, 5.74) is 0.173. The number of aromatic nitrogens is 3. The summed E-state index contributed by atoms with van der Waals surface area (Å²) in [6.45, 7) is 7.31. The zero-order valence-electron chi connectivity index (χ0n) is 8.83. The molecular formula is C9H18N4. The number of aryl methyl sites for hydroxylation is 1. The SMILES string of the molecule is CCC(C)(C)NCc1ncnn1C. The van der Waals surface area contributed by atoms with Gasteiger partial charge in [-0.15, -0.1) is 0 Å². The molecule has 1 rings (SSSR count). The number of nitrogens with zero attached hydrogens (tertiary/aromatic N) is 3. The molecule has 0 fully saturated rings. The van der Waals surface area contributed by atoms with Crippen LogP contribution in [0.4, 0.5) is 0 Å². The molecule has 0 aromatic carbocycles. The lowest BCUT2D eigenvalue weighted by molar-refractivity contribution is 0.366. The molecule has 0 radical (unpaired) electrons. The zero-order valence-corrected chi connectivity index (χ0v) is 8.83. The van der Waals surface area contributed by atoms with Crippen molar-refractivity contribution in [3.05, 3.63) is 12.2 Å². The average Bonchev–Trinajstić information content (AvgIpc) is 2.48. The average molecular weight is 182 g/mol. The lowest BCUT2D eigenvalue weighted by Crippen LogP contribution is -2.38. The number of hydrogen-bond donors (Lipinski definition) is 1. The fourth-order valence-electron chi connectivity index (χ4n) is 0.924. The van der Waals surface area contributed by atoms with Crippen molar-refractivity contribution in [2.45, 2.75) is 39.3 Å². The molecule has 0 saturated heterocycles. The molecule has 0 aliphatic carbocycles. The highest BCUT2D eigenvalue weighted by Crippen LogP contribution is 2.07. The highest BCUT2D eigenvalue weighted by Gasteiger charge is 2.14. The first-order chi connectivity index (χ1) is 6.05. The summed E-state index contributed by atoms with van der Waals surface area (Å²) in [5.74, 6) is 0.974. The van der Waals surface area contributed by atoms with Crippen molar-refractivity contribution in [1.29, 1.82) is 0 Å². The van der Waals surface area contributed by atoms with Crippen LogP contribution in [0.2, 0.25) is 0 Å². The van der Waals surface area contributed by atoms with Gasteiger partial charge in [0.1, 0.15) is 12.2 Å². The number of nitrogens with one attached hydrogen (secondary N) is 1. The minimum Gasteiger partial charge on any atom is -0.305 e. The van der Waals surface area contributed by atoms with E-state index in [1.807, 2.05) is 7.05 Å². The molecule has 0 bridgehead atoms. The fourth-order valence-corrected chi connectivity index (χ4v) is 0.924. The molecule has 1 heterocycles. The van der Waals surface area contributed by atoms with E-state index in [-0.39, 0.29) is 5.54 Å². The van der Waals surface area contributed by atoms with Gasteiger partial charge in [-0.3, -0.25) is 4.68 Å². The van der Waals surface area contributed by atoms with E-state index >= 15 is 0 Å². The molecule has 74 valence electrons. The first-order valence-electron chi connectivity index (χ1n) is 4.63. The van der Waals surface area contributed by atoms with E-state index in [0.29, 0.717) is 0 Å². The summed E-state index contributed by atoms with van der Waals surface area (Å²) in [6, 6.07) is 0. The van der Waals surface area contributed by atoms with Crippen molar-refractivity contribution in [3.8, 4) is 0 Å². The van der Waals surface area contributed by atoms with Gasteiger partial charge in [-0.2, -0.15) is 5.10 Å². The lowest BCUT2D eigenvalue weighted by Gasteiger charge is -2.24. The van der Waals surface area contributed by atoms with E-state index in [4.69, 9.17) is 0 Å². The van der Waals surface area contributed by atoms with Crippen molar-refractivity contribution in [3.63, 3.8) is 0 Å². The molecule has 4 nitrogen and oxygen atoms in total. The highest BCUT2D eigenvalue weighted by atomic mass is 15.3.